The van der Waals surface area contributed by atoms with Crippen molar-refractivity contribution in [3.05, 3.63) is 69.8 Å². The lowest BCUT2D eigenvalue weighted by Crippen LogP contribution is -2.32. The molecular weight excluding hydrogens is 230 g/mol. The summed E-state index contributed by atoms with van der Waals surface area (Å²) >= 11 is 0. The van der Waals surface area contributed by atoms with Gasteiger partial charge in [0, 0.05) is 6.54 Å². The van der Waals surface area contributed by atoms with E-state index in [2.05, 4.69) is 62.5 Å². The first-order chi connectivity index (χ1) is 9.18. The summed E-state index contributed by atoms with van der Waals surface area (Å²) in [5.41, 5.74) is 8.62. The van der Waals surface area contributed by atoms with E-state index in [1.807, 2.05) is 0 Å². The molecule has 19 heavy (non-hydrogen) atoms. The molecule has 0 spiro atoms. The molecule has 0 saturated carbocycles. The van der Waals surface area contributed by atoms with E-state index in [-0.39, 0.29) is 0 Å². The SMILES string of the molecule is Cc1cccc(C)c1C1NCCc2cccc(C)c21. The van der Waals surface area contributed by atoms with Crippen LogP contribution >= 0.6 is 0 Å². The van der Waals surface area contributed by atoms with E-state index in [4.69, 9.17) is 0 Å². The van der Waals surface area contributed by atoms with E-state index in [0.29, 0.717) is 6.04 Å². The number of hydrogen-bond donors (Lipinski definition) is 1. The van der Waals surface area contributed by atoms with E-state index in [1.54, 1.807) is 0 Å². The zero-order valence-electron chi connectivity index (χ0n) is 12.0. The van der Waals surface area contributed by atoms with Crippen molar-refractivity contribution in [2.24, 2.45) is 0 Å². The summed E-state index contributed by atoms with van der Waals surface area (Å²) in [5.74, 6) is 0. The summed E-state index contributed by atoms with van der Waals surface area (Å²) in [5, 5.41) is 3.71. The molecule has 1 N–H and O–H groups in total. The molecule has 1 atom stereocenters. The van der Waals surface area contributed by atoms with Gasteiger partial charge in [0.1, 0.15) is 0 Å². The lowest BCUT2D eigenvalue weighted by atomic mass is 9.83. The van der Waals surface area contributed by atoms with Crippen LogP contribution in [0.25, 0.3) is 0 Å². The van der Waals surface area contributed by atoms with E-state index < -0.39 is 0 Å². The van der Waals surface area contributed by atoms with Crippen molar-refractivity contribution in [2.45, 2.75) is 33.2 Å². The maximum atomic E-state index is 3.71. The molecule has 0 aromatic heterocycles. The topological polar surface area (TPSA) is 12.0 Å². The third-order valence-electron chi connectivity index (χ3n) is 4.28. The van der Waals surface area contributed by atoms with Crippen molar-refractivity contribution in [1.29, 1.82) is 0 Å². The summed E-state index contributed by atoms with van der Waals surface area (Å²) in [6.45, 7) is 7.73. The second kappa shape index (κ2) is 4.82. The maximum Gasteiger partial charge on any atom is 0.0587 e. The normalized spacial score (nSPS) is 18.2. The van der Waals surface area contributed by atoms with Gasteiger partial charge in [-0.1, -0.05) is 36.4 Å². The Kier molecular flexibility index (Phi) is 3.16. The molecule has 3 rings (SSSR count). The van der Waals surface area contributed by atoms with Crippen molar-refractivity contribution >= 4 is 0 Å². The molecule has 1 nitrogen and oxygen atoms in total. The minimum absolute atomic E-state index is 0.353. The molecule has 1 heterocycles. The van der Waals surface area contributed by atoms with Crippen LogP contribution in [0.1, 0.15) is 39.4 Å². The molecule has 0 fully saturated rings. The van der Waals surface area contributed by atoms with Gasteiger partial charge in [0.05, 0.1) is 6.04 Å². The van der Waals surface area contributed by atoms with Crippen LogP contribution in [0.5, 0.6) is 0 Å². The minimum atomic E-state index is 0.353. The average Bonchev–Trinajstić information content (AvgIpc) is 2.39. The predicted octanol–water partition coefficient (Wildman–Crippen LogP) is 3.85. The summed E-state index contributed by atoms with van der Waals surface area (Å²) in [6, 6.07) is 13.6. The lowest BCUT2D eigenvalue weighted by molar-refractivity contribution is 0.561. The van der Waals surface area contributed by atoms with Crippen LogP contribution in [0.15, 0.2) is 36.4 Å². The Morgan fingerprint density at radius 1 is 0.842 bits per heavy atom. The standard InChI is InChI=1S/C18H21N/c1-12-6-4-7-13(2)16(12)18-17-14(3)8-5-9-15(17)10-11-19-18/h4-9,18-19H,10-11H2,1-3H3. The van der Waals surface area contributed by atoms with Crippen LogP contribution in [-0.4, -0.2) is 6.54 Å². The molecule has 1 unspecified atom stereocenters. The van der Waals surface area contributed by atoms with Gasteiger partial charge in [-0.2, -0.15) is 0 Å². The van der Waals surface area contributed by atoms with Crippen LogP contribution < -0.4 is 5.32 Å². The first kappa shape index (κ1) is 12.4. The highest BCUT2D eigenvalue weighted by Gasteiger charge is 2.24. The van der Waals surface area contributed by atoms with E-state index in [9.17, 15) is 0 Å². The zero-order valence-corrected chi connectivity index (χ0v) is 12.0. The molecule has 0 bridgehead atoms. The lowest BCUT2D eigenvalue weighted by Gasteiger charge is -2.31. The predicted molar refractivity (Wildman–Crippen MR) is 80.6 cm³/mol. The summed E-state index contributed by atoms with van der Waals surface area (Å²) < 4.78 is 0. The number of aryl methyl sites for hydroxylation is 3. The monoisotopic (exact) mass is 251 g/mol. The quantitative estimate of drug-likeness (QED) is 0.812. The minimum Gasteiger partial charge on any atom is -0.306 e. The van der Waals surface area contributed by atoms with Gasteiger partial charge in [-0.15, -0.1) is 0 Å². The smallest absolute Gasteiger partial charge is 0.0587 e. The molecule has 1 aliphatic rings. The van der Waals surface area contributed by atoms with Gasteiger partial charge in [-0.3, -0.25) is 0 Å². The van der Waals surface area contributed by atoms with Gasteiger partial charge in [-0.05, 0) is 60.6 Å². The van der Waals surface area contributed by atoms with Crippen LogP contribution in [0.2, 0.25) is 0 Å². The highest BCUT2D eigenvalue weighted by atomic mass is 14.9. The number of hydrogen-bond acceptors (Lipinski definition) is 1. The van der Waals surface area contributed by atoms with Crippen LogP contribution in [0.3, 0.4) is 0 Å². The fraction of sp³-hybridized carbons (Fsp3) is 0.333. The first-order valence-electron chi connectivity index (χ1n) is 7.06. The number of nitrogens with one attached hydrogen (secondary N) is 1. The Hall–Kier alpha value is -1.60. The van der Waals surface area contributed by atoms with E-state index in [1.165, 1.54) is 33.4 Å². The van der Waals surface area contributed by atoms with Crippen molar-refractivity contribution < 1.29 is 0 Å². The molecule has 0 aliphatic carbocycles. The maximum absolute atomic E-state index is 3.71. The third kappa shape index (κ3) is 2.08. The van der Waals surface area contributed by atoms with Gasteiger partial charge < -0.3 is 5.32 Å². The van der Waals surface area contributed by atoms with Crippen LogP contribution in [0, 0.1) is 20.8 Å². The number of fused-ring (bicyclic) bond motifs is 1. The Balaban J connectivity index is 2.19. The van der Waals surface area contributed by atoms with Gasteiger partial charge in [0.15, 0.2) is 0 Å². The molecule has 1 aliphatic heterocycles. The fourth-order valence-corrected chi connectivity index (χ4v) is 3.35. The highest BCUT2D eigenvalue weighted by Crippen LogP contribution is 2.34. The Morgan fingerprint density at radius 3 is 2.11 bits per heavy atom. The Labute approximate surface area is 115 Å². The van der Waals surface area contributed by atoms with Crippen molar-refractivity contribution in [2.75, 3.05) is 6.54 Å². The van der Waals surface area contributed by atoms with Gasteiger partial charge in [0.2, 0.25) is 0 Å². The van der Waals surface area contributed by atoms with Crippen LogP contribution in [-0.2, 0) is 6.42 Å². The summed E-state index contributed by atoms with van der Waals surface area (Å²) in [4.78, 5) is 0. The Bertz CT molecular complexity index is 593. The molecule has 98 valence electrons. The zero-order chi connectivity index (χ0) is 13.4. The highest BCUT2D eigenvalue weighted by molar-refractivity contribution is 5.48. The second-order valence-electron chi connectivity index (χ2n) is 5.59. The summed E-state index contributed by atoms with van der Waals surface area (Å²) in [7, 11) is 0. The number of benzene rings is 2. The third-order valence-corrected chi connectivity index (χ3v) is 4.28. The van der Waals surface area contributed by atoms with Gasteiger partial charge >= 0.3 is 0 Å². The molecule has 1 heteroatoms. The van der Waals surface area contributed by atoms with Gasteiger partial charge in [0.25, 0.3) is 0 Å². The fourth-order valence-electron chi connectivity index (χ4n) is 3.35. The molecule has 0 radical (unpaired) electrons. The van der Waals surface area contributed by atoms with Gasteiger partial charge in [-0.25, -0.2) is 0 Å². The number of rotatable bonds is 1. The first-order valence-corrected chi connectivity index (χ1v) is 7.06. The van der Waals surface area contributed by atoms with Crippen molar-refractivity contribution in [3.8, 4) is 0 Å². The van der Waals surface area contributed by atoms with E-state index in [0.717, 1.165) is 13.0 Å². The molecule has 0 saturated heterocycles. The molecule has 2 aromatic rings. The van der Waals surface area contributed by atoms with Crippen LogP contribution in [0.4, 0.5) is 0 Å². The van der Waals surface area contributed by atoms with Crippen molar-refractivity contribution in [1.82, 2.24) is 5.32 Å². The molecule has 0 amide bonds. The largest absolute Gasteiger partial charge is 0.306 e. The van der Waals surface area contributed by atoms with E-state index >= 15 is 0 Å². The van der Waals surface area contributed by atoms with Crippen molar-refractivity contribution in [3.63, 3.8) is 0 Å². The average molecular weight is 251 g/mol. The summed E-state index contributed by atoms with van der Waals surface area (Å²) in [6.07, 6.45) is 1.14. The molecular formula is C18H21N. The second-order valence-corrected chi connectivity index (χ2v) is 5.59. The molecule has 2 aromatic carbocycles. The Morgan fingerprint density at radius 2 is 1.42 bits per heavy atom.